The molecule has 3 rings (SSSR count). The molecule has 0 fully saturated rings. The molecule has 1 aliphatic heterocycles. The van der Waals surface area contributed by atoms with Crippen LogP contribution in [0.4, 0.5) is 5.00 Å². The Kier molecular flexibility index (Phi) is 3.37. The Bertz CT molecular complexity index is 593. The molecule has 0 unspecified atom stereocenters. The molecule has 2 aromatic heterocycles. The molecule has 0 aliphatic carbocycles. The van der Waals surface area contributed by atoms with Crippen LogP contribution in [0.1, 0.15) is 27.9 Å². The lowest BCUT2D eigenvalue weighted by atomic mass is 10.0. The number of nitrogen functional groups attached to an aromatic ring is 1. The monoisotopic (exact) mass is 293 g/mol. The van der Waals surface area contributed by atoms with Gasteiger partial charge in [-0.25, -0.2) is 4.98 Å². The van der Waals surface area contributed by atoms with Gasteiger partial charge in [0.2, 0.25) is 0 Å². The summed E-state index contributed by atoms with van der Waals surface area (Å²) in [4.78, 5) is 9.89. The molecule has 2 N–H and O–H groups in total. The van der Waals surface area contributed by atoms with Gasteiger partial charge in [-0.2, -0.15) is 0 Å². The predicted molar refractivity (Wildman–Crippen MR) is 84.0 cm³/mol. The van der Waals surface area contributed by atoms with Crippen molar-refractivity contribution in [2.45, 2.75) is 33.7 Å². The van der Waals surface area contributed by atoms with E-state index in [1.807, 2.05) is 0 Å². The summed E-state index contributed by atoms with van der Waals surface area (Å²) in [5, 5.41) is 2.05. The Morgan fingerprint density at radius 1 is 1.32 bits per heavy atom. The highest BCUT2D eigenvalue weighted by molar-refractivity contribution is 7.18. The molecule has 0 atom stereocenters. The SMILES string of the molecule is CCN1CCc2c(sc(N)c2-c2nc(C)c(C)s2)C1. The van der Waals surface area contributed by atoms with E-state index in [1.165, 1.54) is 20.9 Å². The second-order valence-corrected chi connectivity index (χ2v) is 7.36. The normalized spacial score (nSPS) is 15.7. The van der Waals surface area contributed by atoms with E-state index in [4.69, 9.17) is 10.7 Å². The van der Waals surface area contributed by atoms with Crippen molar-refractivity contribution >= 4 is 27.7 Å². The Balaban J connectivity index is 2.06. The summed E-state index contributed by atoms with van der Waals surface area (Å²) in [6, 6.07) is 0. The van der Waals surface area contributed by atoms with Gasteiger partial charge in [0.1, 0.15) is 5.01 Å². The van der Waals surface area contributed by atoms with Gasteiger partial charge in [0.15, 0.2) is 0 Å². The van der Waals surface area contributed by atoms with Crippen molar-refractivity contribution in [2.24, 2.45) is 0 Å². The third-order valence-corrected chi connectivity index (χ3v) is 5.99. The van der Waals surface area contributed by atoms with Crippen LogP contribution in [0.2, 0.25) is 0 Å². The number of aryl methyl sites for hydroxylation is 2. The number of hydrogen-bond donors (Lipinski definition) is 1. The first-order valence-corrected chi connectivity index (χ1v) is 8.30. The second kappa shape index (κ2) is 4.89. The number of likely N-dealkylation sites (N-methyl/N-ethyl adjacent to an activating group) is 1. The maximum Gasteiger partial charge on any atom is 0.127 e. The molecule has 0 aromatic carbocycles. The fraction of sp³-hybridized carbons (Fsp3) is 0.500. The highest BCUT2D eigenvalue weighted by Crippen LogP contribution is 2.43. The van der Waals surface area contributed by atoms with Gasteiger partial charge in [0.25, 0.3) is 0 Å². The summed E-state index contributed by atoms with van der Waals surface area (Å²) < 4.78 is 0. The predicted octanol–water partition coefficient (Wildman–Crippen LogP) is 3.45. The molecule has 0 spiro atoms. The van der Waals surface area contributed by atoms with Gasteiger partial charge in [-0.3, -0.25) is 4.90 Å². The van der Waals surface area contributed by atoms with E-state index < -0.39 is 0 Å². The Hall–Kier alpha value is -0.910. The lowest BCUT2D eigenvalue weighted by Gasteiger charge is -2.25. The molecular formula is C14H19N3S2. The van der Waals surface area contributed by atoms with E-state index >= 15 is 0 Å². The summed E-state index contributed by atoms with van der Waals surface area (Å²) in [5.41, 5.74) is 10.1. The van der Waals surface area contributed by atoms with E-state index in [1.54, 1.807) is 22.7 Å². The van der Waals surface area contributed by atoms with Gasteiger partial charge >= 0.3 is 0 Å². The van der Waals surface area contributed by atoms with Crippen LogP contribution < -0.4 is 5.73 Å². The maximum absolute atomic E-state index is 6.27. The molecule has 0 bridgehead atoms. The molecule has 3 heterocycles. The number of anilines is 1. The highest BCUT2D eigenvalue weighted by atomic mass is 32.1. The number of thiophene rings is 1. The minimum absolute atomic E-state index is 0.941. The van der Waals surface area contributed by atoms with Crippen molar-refractivity contribution < 1.29 is 0 Å². The van der Waals surface area contributed by atoms with Crippen molar-refractivity contribution in [3.8, 4) is 10.6 Å². The van der Waals surface area contributed by atoms with Crippen molar-refractivity contribution in [3.05, 3.63) is 21.0 Å². The molecule has 19 heavy (non-hydrogen) atoms. The molecule has 2 aromatic rings. The first-order chi connectivity index (χ1) is 9.10. The first kappa shape index (κ1) is 13.1. The van der Waals surface area contributed by atoms with Crippen LogP contribution in [0.3, 0.4) is 0 Å². The largest absolute Gasteiger partial charge is 0.390 e. The number of fused-ring (bicyclic) bond motifs is 1. The number of nitrogens with zero attached hydrogens (tertiary/aromatic N) is 2. The van der Waals surface area contributed by atoms with Crippen LogP contribution in [-0.4, -0.2) is 23.0 Å². The number of hydrogen-bond acceptors (Lipinski definition) is 5. The number of rotatable bonds is 2. The molecule has 102 valence electrons. The van der Waals surface area contributed by atoms with Crippen molar-refractivity contribution in [3.63, 3.8) is 0 Å². The van der Waals surface area contributed by atoms with Gasteiger partial charge in [-0.05, 0) is 32.4 Å². The van der Waals surface area contributed by atoms with Gasteiger partial charge < -0.3 is 5.73 Å². The molecule has 0 saturated heterocycles. The zero-order valence-corrected chi connectivity index (χ0v) is 13.2. The van der Waals surface area contributed by atoms with E-state index in [9.17, 15) is 0 Å². The summed E-state index contributed by atoms with van der Waals surface area (Å²) in [6.07, 6.45) is 1.10. The van der Waals surface area contributed by atoms with Gasteiger partial charge in [-0.15, -0.1) is 22.7 Å². The highest BCUT2D eigenvalue weighted by Gasteiger charge is 2.25. The smallest absolute Gasteiger partial charge is 0.127 e. The van der Waals surface area contributed by atoms with E-state index in [0.717, 1.165) is 41.8 Å². The maximum atomic E-state index is 6.27. The molecule has 1 aliphatic rings. The number of aromatic nitrogens is 1. The second-order valence-electron chi connectivity index (χ2n) is 5.02. The molecule has 0 amide bonds. The zero-order valence-electron chi connectivity index (χ0n) is 11.6. The standard InChI is InChI=1S/C14H19N3S2/c1-4-17-6-5-10-11(7-17)19-13(15)12(10)14-16-8(2)9(3)18-14/h4-7,15H2,1-3H3. The first-order valence-electron chi connectivity index (χ1n) is 6.67. The minimum Gasteiger partial charge on any atom is -0.390 e. The number of thiazole rings is 1. The van der Waals surface area contributed by atoms with Gasteiger partial charge in [0, 0.05) is 28.4 Å². The summed E-state index contributed by atoms with van der Waals surface area (Å²) in [5.74, 6) is 0. The van der Waals surface area contributed by atoms with Crippen LogP contribution >= 0.6 is 22.7 Å². The van der Waals surface area contributed by atoms with Gasteiger partial charge in [0.05, 0.1) is 10.7 Å². The minimum atomic E-state index is 0.941. The van der Waals surface area contributed by atoms with Crippen LogP contribution in [0.5, 0.6) is 0 Å². The Labute approximate surface area is 122 Å². The van der Waals surface area contributed by atoms with E-state index in [2.05, 4.69) is 25.7 Å². The van der Waals surface area contributed by atoms with Gasteiger partial charge in [-0.1, -0.05) is 6.92 Å². The summed E-state index contributed by atoms with van der Waals surface area (Å²) in [6.45, 7) is 9.71. The van der Waals surface area contributed by atoms with Crippen LogP contribution in [-0.2, 0) is 13.0 Å². The topological polar surface area (TPSA) is 42.1 Å². The lowest BCUT2D eigenvalue weighted by Crippen LogP contribution is -2.29. The van der Waals surface area contributed by atoms with Crippen LogP contribution in [0.25, 0.3) is 10.6 Å². The Morgan fingerprint density at radius 2 is 2.11 bits per heavy atom. The lowest BCUT2D eigenvalue weighted by molar-refractivity contribution is 0.272. The summed E-state index contributed by atoms with van der Waals surface area (Å²) in [7, 11) is 0. The molecule has 0 saturated carbocycles. The fourth-order valence-electron chi connectivity index (χ4n) is 2.56. The average Bonchev–Trinajstić information content (AvgIpc) is 2.88. The molecular weight excluding hydrogens is 274 g/mol. The Morgan fingerprint density at radius 3 is 2.74 bits per heavy atom. The third-order valence-electron chi connectivity index (χ3n) is 3.85. The van der Waals surface area contributed by atoms with Crippen molar-refractivity contribution in [2.75, 3.05) is 18.8 Å². The number of nitrogens with two attached hydrogens (primary N) is 1. The fourth-order valence-corrected chi connectivity index (χ4v) is 4.79. The third kappa shape index (κ3) is 2.20. The van der Waals surface area contributed by atoms with Crippen LogP contribution in [0, 0.1) is 13.8 Å². The quantitative estimate of drug-likeness (QED) is 0.922. The van der Waals surface area contributed by atoms with Crippen molar-refractivity contribution in [1.82, 2.24) is 9.88 Å². The average molecular weight is 293 g/mol. The van der Waals surface area contributed by atoms with E-state index in [0.29, 0.717) is 0 Å². The molecule has 3 nitrogen and oxygen atoms in total. The molecule has 0 radical (unpaired) electrons. The van der Waals surface area contributed by atoms with Crippen LogP contribution in [0.15, 0.2) is 0 Å². The summed E-state index contributed by atoms with van der Waals surface area (Å²) >= 11 is 3.52. The molecule has 5 heteroatoms. The zero-order chi connectivity index (χ0) is 13.6. The van der Waals surface area contributed by atoms with Crippen molar-refractivity contribution in [1.29, 1.82) is 0 Å². The van der Waals surface area contributed by atoms with E-state index in [-0.39, 0.29) is 0 Å².